The van der Waals surface area contributed by atoms with Crippen molar-refractivity contribution < 1.29 is 15.0 Å². The van der Waals surface area contributed by atoms with E-state index in [0.29, 0.717) is 0 Å². The number of nitrogens with zero attached hydrogens (tertiary/aromatic N) is 1. The summed E-state index contributed by atoms with van der Waals surface area (Å²) < 4.78 is 0. The Morgan fingerprint density at radius 3 is 2.28 bits per heavy atom. The Bertz CT molecular complexity index is 389. The standard InChI is InChI=1S/C14H21NO3/c1-4-10(2)15(9-14(17)18)11(3)12-5-7-13(16)8-6-12/h5-8,10-11,16H,4,9H2,1-3H3,(H,17,18). The maximum absolute atomic E-state index is 10.9. The van der Waals surface area contributed by atoms with Crippen molar-refractivity contribution in [3.8, 4) is 5.75 Å². The van der Waals surface area contributed by atoms with Crippen LogP contribution in [0, 0.1) is 0 Å². The highest BCUT2D eigenvalue weighted by molar-refractivity contribution is 5.69. The van der Waals surface area contributed by atoms with Gasteiger partial charge >= 0.3 is 5.97 Å². The first-order valence-electron chi connectivity index (χ1n) is 6.22. The predicted octanol–water partition coefficient (Wildman–Crippen LogP) is 2.64. The number of carboxylic acid groups (broad SMARTS) is 1. The summed E-state index contributed by atoms with van der Waals surface area (Å²) in [5.41, 5.74) is 1.01. The molecule has 0 aliphatic carbocycles. The number of carboxylic acids is 1. The number of phenolic OH excluding ortho intramolecular Hbond substituents is 1. The molecule has 0 amide bonds. The summed E-state index contributed by atoms with van der Waals surface area (Å²) in [5, 5.41) is 18.3. The summed E-state index contributed by atoms with van der Waals surface area (Å²) in [7, 11) is 0. The van der Waals surface area contributed by atoms with Gasteiger partial charge in [0, 0.05) is 12.1 Å². The van der Waals surface area contributed by atoms with Gasteiger partial charge in [-0.15, -0.1) is 0 Å². The number of phenols is 1. The van der Waals surface area contributed by atoms with Crippen LogP contribution in [0.2, 0.25) is 0 Å². The Kier molecular flexibility index (Phi) is 5.16. The molecule has 0 saturated carbocycles. The van der Waals surface area contributed by atoms with Crippen molar-refractivity contribution in [3.05, 3.63) is 29.8 Å². The number of carbonyl (C=O) groups is 1. The first kappa shape index (κ1) is 14.5. The van der Waals surface area contributed by atoms with E-state index in [1.165, 1.54) is 0 Å². The molecule has 0 radical (unpaired) electrons. The van der Waals surface area contributed by atoms with Gasteiger partial charge in [-0.25, -0.2) is 0 Å². The normalized spacial score (nSPS) is 14.4. The van der Waals surface area contributed by atoms with E-state index in [1.807, 2.05) is 37.8 Å². The fourth-order valence-electron chi connectivity index (χ4n) is 2.01. The predicted molar refractivity (Wildman–Crippen MR) is 70.6 cm³/mol. The van der Waals surface area contributed by atoms with E-state index in [0.717, 1.165) is 12.0 Å². The lowest BCUT2D eigenvalue weighted by molar-refractivity contribution is -0.139. The molecule has 18 heavy (non-hydrogen) atoms. The fourth-order valence-corrected chi connectivity index (χ4v) is 2.01. The lowest BCUT2D eigenvalue weighted by Crippen LogP contribution is -2.38. The molecule has 0 aliphatic heterocycles. The molecular weight excluding hydrogens is 230 g/mol. The van der Waals surface area contributed by atoms with Crippen LogP contribution in [-0.2, 0) is 4.79 Å². The third-order valence-electron chi connectivity index (χ3n) is 3.35. The minimum atomic E-state index is -0.819. The van der Waals surface area contributed by atoms with Gasteiger partial charge in [-0.2, -0.15) is 0 Å². The van der Waals surface area contributed by atoms with Gasteiger partial charge in [0.25, 0.3) is 0 Å². The van der Waals surface area contributed by atoms with Crippen LogP contribution in [-0.4, -0.2) is 33.7 Å². The van der Waals surface area contributed by atoms with Gasteiger partial charge in [0.1, 0.15) is 5.75 Å². The van der Waals surface area contributed by atoms with Gasteiger partial charge in [-0.05, 0) is 38.0 Å². The summed E-state index contributed by atoms with van der Waals surface area (Å²) in [4.78, 5) is 12.9. The van der Waals surface area contributed by atoms with Crippen LogP contribution in [0.4, 0.5) is 0 Å². The van der Waals surface area contributed by atoms with E-state index < -0.39 is 5.97 Å². The molecule has 1 aromatic rings. The molecule has 100 valence electrons. The van der Waals surface area contributed by atoms with Crippen molar-refractivity contribution in [2.75, 3.05) is 6.54 Å². The number of aromatic hydroxyl groups is 1. The maximum atomic E-state index is 10.9. The van der Waals surface area contributed by atoms with Crippen molar-refractivity contribution in [3.63, 3.8) is 0 Å². The second-order valence-corrected chi connectivity index (χ2v) is 4.59. The molecule has 0 fully saturated rings. The monoisotopic (exact) mass is 251 g/mol. The molecule has 0 spiro atoms. The topological polar surface area (TPSA) is 60.8 Å². The summed E-state index contributed by atoms with van der Waals surface area (Å²) in [6.07, 6.45) is 0.899. The fraction of sp³-hybridized carbons (Fsp3) is 0.500. The molecule has 1 rings (SSSR count). The van der Waals surface area contributed by atoms with Crippen molar-refractivity contribution in [1.82, 2.24) is 4.90 Å². The average molecular weight is 251 g/mol. The molecule has 0 bridgehead atoms. The summed E-state index contributed by atoms with van der Waals surface area (Å²) in [6, 6.07) is 7.12. The van der Waals surface area contributed by atoms with Crippen LogP contribution in [0.3, 0.4) is 0 Å². The highest BCUT2D eigenvalue weighted by Crippen LogP contribution is 2.24. The molecule has 1 aromatic carbocycles. The van der Waals surface area contributed by atoms with Gasteiger partial charge in [0.15, 0.2) is 0 Å². The third-order valence-corrected chi connectivity index (χ3v) is 3.35. The first-order valence-corrected chi connectivity index (χ1v) is 6.22. The smallest absolute Gasteiger partial charge is 0.317 e. The third kappa shape index (κ3) is 3.74. The number of rotatable bonds is 6. The molecule has 4 heteroatoms. The number of hydrogen-bond donors (Lipinski definition) is 2. The molecule has 2 N–H and O–H groups in total. The summed E-state index contributed by atoms with van der Waals surface area (Å²) >= 11 is 0. The Morgan fingerprint density at radius 1 is 1.28 bits per heavy atom. The van der Waals surface area contributed by atoms with E-state index in [2.05, 4.69) is 0 Å². The zero-order chi connectivity index (χ0) is 13.7. The molecule has 0 aromatic heterocycles. The van der Waals surface area contributed by atoms with E-state index >= 15 is 0 Å². The lowest BCUT2D eigenvalue weighted by atomic mass is 10.0. The van der Waals surface area contributed by atoms with Crippen LogP contribution in [0.1, 0.15) is 38.8 Å². The highest BCUT2D eigenvalue weighted by Gasteiger charge is 2.22. The van der Waals surface area contributed by atoms with Crippen molar-refractivity contribution in [2.45, 2.75) is 39.3 Å². The molecule has 0 heterocycles. The van der Waals surface area contributed by atoms with Crippen LogP contribution in [0.15, 0.2) is 24.3 Å². The van der Waals surface area contributed by atoms with Crippen LogP contribution in [0.5, 0.6) is 5.75 Å². The quantitative estimate of drug-likeness (QED) is 0.816. The second-order valence-electron chi connectivity index (χ2n) is 4.59. The molecule has 0 saturated heterocycles. The SMILES string of the molecule is CCC(C)N(CC(=O)O)C(C)c1ccc(O)cc1. The zero-order valence-corrected chi connectivity index (χ0v) is 11.1. The van der Waals surface area contributed by atoms with Crippen molar-refractivity contribution in [1.29, 1.82) is 0 Å². The number of benzene rings is 1. The second kappa shape index (κ2) is 6.40. The lowest BCUT2D eigenvalue weighted by Gasteiger charge is -2.33. The first-order chi connectivity index (χ1) is 8.45. The molecule has 2 atom stereocenters. The molecule has 4 nitrogen and oxygen atoms in total. The van der Waals surface area contributed by atoms with Gasteiger partial charge in [-0.3, -0.25) is 9.69 Å². The van der Waals surface area contributed by atoms with Crippen LogP contribution >= 0.6 is 0 Å². The van der Waals surface area contributed by atoms with Crippen LogP contribution < -0.4 is 0 Å². The Hall–Kier alpha value is -1.55. The maximum Gasteiger partial charge on any atom is 0.317 e. The number of aliphatic carboxylic acids is 1. The Balaban J connectivity index is 2.90. The van der Waals surface area contributed by atoms with E-state index in [-0.39, 0.29) is 24.4 Å². The minimum absolute atomic E-state index is 0.0108. The van der Waals surface area contributed by atoms with Gasteiger partial charge in [0.05, 0.1) is 6.54 Å². The average Bonchev–Trinajstić information content (AvgIpc) is 2.35. The largest absolute Gasteiger partial charge is 0.508 e. The zero-order valence-electron chi connectivity index (χ0n) is 11.1. The Labute approximate surface area is 108 Å². The van der Waals surface area contributed by atoms with E-state index in [4.69, 9.17) is 5.11 Å². The van der Waals surface area contributed by atoms with Gasteiger partial charge in [-0.1, -0.05) is 19.1 Å². The van der Waals surface area contributed by atoms with Crippen molar-refractivity contribution >= 4 is 5.97 Å². The number of hydrogen-bond acceptors (Lipinski definition) is 3. The van der Waals surface area contributed by atoms with E-state index in [9.17, 15) is 9.90 Å². The minimum Gasteiger partial charge on any atom is -0.508 e. The summed E-state index contributed by atoms with van der Waals surface area (Å²) in [6.45, 7) is 6.08. The van der Waals surface area contributed by atoms with Crippen LogP contribution in [0.25, 0.3) is 0 Å². The molecular formula is C14H21NO3. The van der Waals surface area contributed by atoms with Gasteiger partial charge < -0.3 is 10.2 Å². The molecule has 2 unspecified atom stereocenters. The van der Waals surface area contributed by atoms with Gasteiger partial charge in [0.2, 0.25) is 0 Å². The summed E-state index contributed by atoms with van der Waals surface area (Å²) in [5.74, 6) is -0.597. The van der Waals surface area contributed by atoms with Crippen molar-refractivity contribution in [2.24, 2.45) is 0 Å². The van der Waals surface area contributed by atoms with E-state index in [1.54, 1.807) is 12.1 Å². The highest BCUT2D eigenvalue weighted by atomic mass is 16.4. The Morgan fingerprint density at radius 2 is 1.83 bits per heavy atom. The molecule has 0 aliphatic rings.